The van der Waals surface area contributed by atoms with E-state index in [1.165, 1.54) is 7.11 Å². The Kier molecular flexibility index (Phi) is 4.28. The van der Waals surface area contributed by atoms with Crippen LogP contribution < -0.4 is 5.43 Å². The molecule has 0 unspecified atom stereocenters. The number of esters is 1. The second-order valence-corrected chi connectivity index (χ2v) is 2.94. The van der Waals surface area contributed by atoms with E-state index in [2.05, 4.69) is 15.4 Å². The lowest BCUT2D eigenvalue weighted by atomic mass is 10.1. The summed E-state index contributed by atoms with van der Waals surface area (Å²) >= 11 is 0. The molecule has 1 aromatic rings. The van der Waals surface area contributed by atoms with Crippen molar-refractivity contribution in [2.75, 3.05) is 13.7 Å². The van der Waals surface area contributed by atoms with Gasteiger partial charge in [-0.25, -0.2) is 4.79 Å². The third-order valence-corrected chi connectivity index (χ3v) is 1.97. The van der Waals surface area contributed by atoms with E-state index in [0.29, 0.717) is 18.5 Å². The molecule has 0 aromatic heterocycles. The molecule has 0 aliphatic rings. The van der Waals surface area contributed by atoms with Gasteiger partial charge in [-0.05, 0) is 24.1 Å². The number of nitrogens with zero attached hydrogens (tertiary/aromatic N) is 1. The van der Waals surface area contributed by atoms with Gasteiger partial charge in [-0.2, -0.15) is 0 Å². The fourth-order valence-corrected chi connectivity index (χ4v) is 1.17. The van der Waals surface area contributed by atoms with Crippen molar-refractivity contribution in [3.8, 4) is 0 Å². The van der Waals surface area contributed by atoms with Crippen molar-refractivity contribution < 1.29 is 9.53 Å². The van der Waals surface area contributed by atoms with Crippen molar-refractivity contribution >= 4 is 5.97 Å². The number of methoxy groups -OCH3 is 1. The van der Waals surface area contributed by atoms with Crippen LogP contribution in [0.25, 0.3) is 0 Å². The van der Waals surface area contributed by atoms with Gasteiger partial charge in [0.05, 0.1) is 12.7 Å². The molecule has 1 aromatic carbocycles. The minimum atomic E-state index is -0.353. The van der Waals surface area contributed by atoms with Gasteiger partial charge in [-0.1, -0.05) is 12.1 Å². The summed E-state index contributed by atoms with van der Waals surface area (Å²) in [6.45, 7) is 0.487. The van der Waals surface area contributed by atoms with Gasteiger partial charge < -0.3 is 4.74 Å². The summed E-state index contributed by atoms with van der Waals surface area (Å²) in [7, 11) is 1.34. The van der Waals surface area contributed by atoms with Crippen LogP contribution in [0.3, 0.4) is 0 Å². The van der Waals surface area contributed by atoms with Crippen LogP contribution in [0.2, 0.25) is 0 Å². The molecule has 0 amide bonds. The maximum Gasteiger partial charge on any atom is 0.337 e. The normalized spacial score (nSPS) is 9.40. The highest BCUT2D eigenvalue weighted by Gasteiger charge is 2.03. The van der Waals surface area contributed by atoms with E-state index in [9.17, 15) is 9.70 Å². The molecule has 0 bridgehead atoms. The molecule has 5 nitrogen and oxygen atoms in total. The summed E-state index contributed by atoms with van der Waals surface area (Å²) < 4.78 is 4.57. The van der Waals surface area contributed by atoms with E-state index in [-0.39, 0.29) is 5.97 Å². The number of ether oxygens (including phenoxy) is 1. The average molecular weight is 208 g/mol. The van der Waals surface area contributed by atoms with Crippen LogP contribution in [0.1, 0.15) is 15.9 Å². The Morgan fingerprint density at radius 2 is 2.07 bits per heavy atom. The molecule has 15 heavy (non-hydrogen) atoms. The van der Waals surface area contributed by atoms with Gasteiger partial charge in [0.25, 0.3) is 0 Å². The number of hydrogen-bond acceptors (Lipinski definition) is 4. The minimum Gasteiger partial charge on any atom is -0.465 e. The summed E-state index contributed by atoms with van der Waals surface area (Å²) in [5.41, 5.74) is 3.87. The Labute approximate surface area is 87.4 Å². The molecular weight excluding hydrogens is 196 g/mol. The lowest BCUT2D eigenvalue weighted by molar-refractivity contribution is 0.0600. The highest BCUT2D eigenvalue weighted by Crippen LogP contribution is 2.05. The first-order valence-electron chi connectivity index (χ1n) is 4.50. The van der Waals surface area contributed by atoms with Crippen molar-refractivity contribution in [2.45, 2.75) is 6.42 Å². The predicted octanol–water partition coefficient (Wildman–Crippen LogP) is 1.29. The first-order valence-corrected chi connectivity index (χ1v) is 4.50. The number of nitroso groups, excluding NO2 is 1. The van der Waals surface area contributed by atoms with Crippen LogP contribution in [-0.2, 0) is 11.2 Å². The number of rotatable bonds is 5. The number of nitrogens with one attached hydrogen (secondary N) is 1. The highest BCUT2D eigenvalue weighted by atomic mass is 16.5. The average Bonchev–Trinajstić information content (AvgIpc) is 2.29. The second-order valence-electron chi connectivity index (χ2n) is 2.94. The van der Waals surface area contributed by atoms with Crippen molar-refractivity contribution in [1.82, 2.24) is 5.43 Å². The van der Waals surface area contributed by atoms with Crippen molar-refractivity contribution in [1.29, 1.82) is 0 Å². The molecule has 1 N–H and O–H groups in total. The first kappa shape index (κ1) is 11.2. The monoisotopic (exact) mass is 208 g/mol. The Morgan fingerprint density at radius 1 is 1.40 bits per heavy atom. The van der Waals surface area contributed by atoms with Crippen molar-refractivity contribution in [3.05, 3.63) is 40.3 Å². The van der Waals surface area contributed by atoms with Crippen molar-refractivity contribution in [3.63, 3.8) is 0 Å². The molecular formula is C10H12N2O3. The molecule has 0 fully saturated rings. The standard InChI is InChI=1S/C10H12N2O3/c1-15-10(13)9-4-2-8(3-5-9)6-7-11-12-14/h2-5H,6-7H2,1H3,(H,11,14). The molecule has 80 valence electrons. The number of carbonyl (C=O) groups excluding carboxylic acids is 1. The van der Waals surface area contributed by atoms with Gasteiger partial charge in [0.2, 0.25) is 0 Å². The second kappa shape index (κ2) is 5.74. The van der Waals surface area contributed by atoms with Crippen LogP contribution in [0.15, 0.2) is 29.6 Å². The molecule has 0 atom stereocenters. The molecule has 0 radical (unpaired) electrons. The third kappa shape index (κ3) is 3.38. The first-order chi connectivity index (χ1) is 7.27. The summed E-state index contributed by atoms with van der Waals surface area (Å²) in [4.78, 5) is 20.8. The number of hydrogen-bond donors (Lipinski definition) is 1. The molecule has 0 aliphatic heterocycles. The maximum absolute atomic E-state index is 11.1. The molecule has 5 heteroatoms. The fourth-order valence-electron chi connectivity index (χ4n) is 1.17. The third-order valence-electron chi connectivity index (χ3n) is 1.97. The molecule has 0 saturated carbocycles. The Bertz CT molecular complexity index is 335. The Morgan fingerprint density at radius 3 is 2.60 bits per heavy atom. The highest BCUT2D eigenvalue weighted by molar-refractivity contribution is 5.89. The van der Waals surface area contributed by atoms with E-state index < -0.39 is 0 Å². The maximum atomic E-state index is 11.1. The van der Waals surface area contributed by atoms with Gasteiger partial charge in [0.1, 0.15) is 0 Å². The topological polar surface area (TPSA) is 67.8 Å². The van der Waals surface area contributed by atoms with E-state index in [1.54, 1.807) is 12.1 Å². The zero-order chi connectivity index (χ0) is 11.1. The van der Waals surface area contributed by atoms with Crippen LogP contribution in [0.4, 0.5) is 0 Å². The van der Waals surface area contributed by atoms with E-state index in [0.717, 1.165) is 5.56 Å². The fraction of sp³-hybridized carbons (Fsp3) is 0.300. The van der Waals surface area contributed by atoms with Crippen LogP contribution in [0.5, 0.6) is 0 Å². The van der Waals surface area contributed by atoms with Gasteiger partial charge >= 0.3 is 5.97 Å². The smallest absolute Gasteiger partial charge is 0.337 e. The molecule has 0 heterocycles. The quantitative estimate of drug-likeness (QED) is 0.342. The Hall–Kier alpha value is -1.91. The lowest BCUT2D eigenvalue weighted by Crippen LogP contribution is -2.09. The van der Waals surface area contributed by atoms with Crippen LogP contribution in [0, 0.1) is 4.91 Å². The van der Waals surface area contributed by atoms with Gasteiger partial charge in [-0.15, -0.1) is 4.91 Å². The van der Waals surface area contributed by atoms with E-state index in [1.807, 2.05) is 12.1 Å². The SMILES string of the molecule is COC(=O)c1ccc(CCNN=O)cc1. The van der Waals surface area contributed by atoms with Gasteiger partial charge in [-0.3, -0.25) is 5.43 Å². The zero-order valence-electron chi connectivity index (χ0n) is 8.40. The van der Waals surface area contributed by atoms with Crippen LogP contribution >= 0.6 is 0 Å². The number of carbonyl (C=O) groups is 1. The summed E-state index contributed by atoms with van der Waals surface area (Å²) in [6, 6.07) is 7.02. The summed E-state index contributed by atoms with van der Waals surface area (Å²) in [6.07, 6.45) is 0.688. The van der Waals surface area contributed by atoms with Gasteiger partial charge in [0, 0.05) is 11.8 Å². The minimum absolute atomic E-state index is 0.353. The van der Waals surface area contributed by atoms with E-state index >= 15 is 0 Å². The van der Waals surface area contributed by atoms with E-state index in [4.69, 9.17) is 0 Å². The zero-order valence-corrected chi connectivity index (χ0v) is 8.40. The molecule has 0 aliphatic carbocycles. The summed E-state index contributed by atoms with van der Waals surface area (Å²) in [5, 5.41) is 2.54. The van der Waals surface area contributed by atoms with Gasteiger partial charge in [0.15, 0.2) is 0 Å². The molecule has 0 spiro atoms. The van der Waals surface area contributed by atoms with Crippen LogP contribution in [-0.4, -0.2) is 19.6 Å². The Balaban J connectivity index is 2.56. The number of benzene rings is 1. The summed E-state index contributed by atoms with van der Waals surface area (Å²) in [5.74, 6) is -0.353. The lowest BCUT2D eigenvalue weighted by Gasteiger charge is -2.02. The largest absolute Gasteiger partial charge is 0.465 e. The molecule has 1 rings (SSSR count). The molecule has 0 saturated heterocycles. The predicted molar refractivity (Wildman–Crippen MR) is 55.3 cm³/mol. The van der Waals surface area contributed by atoms with Crippen molar-refractivity contribution in [2.24, 2.45) is 5.29 Å².